The molecule has 4 nitrogen and oxygen atoms in total. The molecule has 0 bridgehead atoms. The summed E-state index contributed by atoms with van der Waals surface area (Å²) in [4.78, 5) is 13.3. The molecule has 17 heavy (non-hydrogen) atoms. The Labute approximate surface area is 104 Å². The second-order valence-corrected chi connectivity index (χ2v) is 4.65. The molecule has 0 aromatic heterocycles. The maximum absolute atomic E-state index is 11.5. The second kappa shape index (κ2) is 7.33. The first kappa shape index (κ1) is 14.0. The zero-order chi connectivity index (χ0) is 12.7. The number of likely N-dealkylation sites (tertiary alicyclic amines) is 1. The van der Waals surface area contributed by atoms with Gasteiger partial charge in [-0.05, 0) is 33.6 Å². The molecule has 0 atom stereocenters. The van der Waals surface area contributed by atoms with Gasteiger partial charge in [-0.1, -0.05) is 11.6 Å². The average molecular weight is 240 g/mol. The molecule has 1 heterocycles. The van der Waals surface area contributed by atoms with Crippen molar-refractivity contribution in [3.63, 3.8) is 0 Å². The van der Waals surface area contributed by atoms with E-state index >= 15 is 0 Å². The first-order chi connectivity index (χ1) is 8.13. The van der Waals surface area contributed by atoms with Gasteiger partial charge in [0.1, 0.15) is 0 Å². The van der Waals surface area contributed by atoms with Crippen molar-refractivity contribution in [3.8, 4) is 0 Å². The lowest BCUT2D eigenvalue weighted by Crippen LogP contribution is -2.45. The number of amides is 1. The van der Waals surface area contributed by atoms with E-state index in [4.69, 9.17) is 4.74 Å². The zero-order valence-electron chi connectivity index (χ0n) is 11.2. The molecule has 98 valence electrons. The predicted molar refractivity (Wildman–Crippen MR) is 69.1 cm³/mol. The number of hydrogen-bond donors (Lipinski definition) is 1. The highest BCUT2D eigenvalue weighted by Crippen LogP contribution is 2.11. The van der Waals surface area contributed by atoms with Crippen molar-refractivity contribution in [2.75, 3.05) is 26.2 Å². The summed E-state index contributed by atoms with van der Waals surface area (Å²) >= 11 is 0. The standard InChI is InChI=1S/C13H24N2O2/c1-4-17-13(16)15-9-6-12(7-10-15)14-8-5-11(2)3/h5,12,14H,4,6-10H2,1-3H3. The van der Waals surface area contributed by atoms with E-state index in [1.807, 2.05) is 6.92 Å². The molecule has 0 aromatic carbocycles. The molecule has 0 saturated carbocycles. The molecule has 1 fully saturated rings. The maximum atomic E-state index is 11.5. The van der Waals surface area contributed by atoms with E-state index in [0.717, 1.165) is 32.5 Å². The summed E-state index contributed by atoms with van der Waals surface area (Å²) < 4.78 is 4.99. The minimum Gasteiger partial charge on any atom is -0.450 e. The predicted octanol–water partition coefficient (Wildman–Crippen LogP) is 2.16. The van der Waals surface area contributed by atoms with Crippen molar-refractivity contribution in [1.82, 2.24) is 10.2 Å². The number of ether oxygens (including phenoxy) is 1. The fraction of sp³-hybridized carbons (Fsp3) is 0.769. The van der Waals surface area contributed by atoms with Crippen LogP contribution in [-0.2, 0) is 4.74 Å². The number of nitrogens with zero attached hydrogens (tertiary/aromatic N) is 1. The van der Waals surface area contributed by atoms with Gasteiger partial charge in [-0.25, -0.2) is 4.79 Å². The Bertz CT molecular complexity index is 265. The van der Waals surface area contributed by atoms with E-state index in [2.05, 4.69) is 25.2 Å². The number of carbonyl (C=O) groups excluding carboxylic acids is 1. The third kappa shape index (κ3) is 5.22. The molecule has 0 spiro atoms. The Morgan fingerprint density at radius 3 is 2.59 bits per heavy atom. The van der Waals surface area contributed by atoms with Crippen molar-refractivity contribution < 1.29 is 9.53 Å². The van der Waals surface area contributed by atoms with Gasteiger partial charge in [0.15, 0.2) is 0 Å². The van der Waals surface area contributed by atoms with Gasteiger partial charge in [0.25, 0.3) is 0 Å². The minimum absolute atomic E-state index is 0.171. The van der Waals surface area contributed by atoms with Crippen LogP contribution in [0.25, 0.3) is 0 Å². The van der Waals surface area contributed by atoms with Crippen molar-refractivity contribution in [2.45, 2.75) is 39.7 Å². The first-order valence-corrected chi connectivity index (χ1v) is 6.42. The summed E-state index contributed by atoms with van der Waals surface area (Å²) in [6.07, 6.45) is 4.04. The fourth-order valence-corrected chi connectivity index (χ4v) is 1.91. The maximum Gasteiger partial charge on any atom is 0.409 e. The summed E-state index contributed by atoms with van der Waals surface area (Å²) in [5, 5.41) is 3.49. The molecule has 1 aliphatic rings. The van der Waals surface area contributed by atoms with Crippen LogP contribution >= 0.6 is 0 Å². The molecular formula is C13H24N2O2. The van der Waals surface area contributed by atoms with E-state index in [-0.39, 0.29) is 6.09 Å². The molecule has 1 amide bonds. The lowest BCUT2D eigenvalue weighted by Gasteiger charge is -2.31. The van der Waals surface area contributed by atoms with Crippen molar-refractivity contribution in [3.05, 3.63) is 11.6 Å². The van der Waals surface area contributed by atoms with Crippen LogP contribution in [0.2, 0.25) is 0 Å². The quantitative estimate of drug-likeness (QED) is 0.766. The normalized spacial score (nSPS) is 16.8. The third-order valence-electron chi connectivity index (χ3n) is 2.94. The van der Waals surface area contributed by atoms with Crippen molar-refractivity contribution >= 4 is 6.09 Å². The van der Waals surface area contributed by atoms with Crippen LogP contribution in [0.4, 0.5) is 4.79 Å². The molecule has 1 aliphatic heterocycles. The number of allylic oxidation sites excluding steroid dienone is 1. The van der Waals surface area contributed by atoms with E-state index in [1.54, 1.807) is 4.90 Å². The van der Waals surface area contributed by atoms with Crippen LogP contribution in [0, 0.1) is 0 Å². The third-order valence-corrected chi connectivity index (χ3v) is 2.94. The smallest absolute Gasteiger partial charge is 0.409 e. The molecule has 1 N–H and O–H groups in total. The van der Waals surface area contributed by atoms with Crippen molar-refractivity contribution in [2.24, 2.45) is 0 Å². The minimum atomic E-state index is -0.171. The molecule has 0 radical (unpaired) electrons. The molecule has 1 saturated heterocycles. The van der Waals surface area contributed by atoms with Crippen LogP contribution in [0.15, 0.2) is 11.6 Å². The highest BCUT2D eigenvalue weighted by Gasteiger charge is 2.22. The van der Waals surface area contributed by atoms with E-state index in [1.165, 1.54) is 5.57 Å². The van der Waals surface area contributed by atoms with Crippen LogP contribution in [-0.4, -0.2) is 43.3 Å². The van der Waals surface area contributed by atoms with Crippen LogP contribution in [0.1, 0.15) is 33.6 Å². The number of hydrogen-bond acceptors (Lipinski definition) is 3. The van der Waals surface area contributed by atoms with Gasteiger partial charge in [0.2, 0.25) is 0 Å². The first-order valence-electron chi connectivity index (χ1n) is 6.42. The number of rotatable bonds is 4. The molecular weight excluding hydrogens is 216 g/mol. The summed E-state index contributed by atoms with van der Waals surface area (Å²) in [5.74, 6) is 0. The Balaban J connectivity index is 2.21. The van der Waals surface area contributed by atoms with Gasteiger partial charge < -0.3 is 15.0 Å². The number of carbonyl (C=O) groups is 1. The van der Waals surface area contributed by atoms with Crippen LogP contribution < -0.4 is 5.32 Å². The number of piperidine rings is 1. The fourth-order valence-electron chi connectivity index (χ4n) is 1.91. The molecule has 1 rings (SSSR count). The van der Waals surface area contributed by atoms with Crippen molar-refractivity contribution in [1.29, 1.82) is 0 Å². The topological polar surface area (TPSA) is 41.6 Å². The number of nitrogens with one attached hydrogen (secondary N) is 1. The largest absolute Gasteiger partial charge is 0.450 e. The second-order valence-electron chi connectivity index (χ2n) is 4.65. The molecule has 0 aromatic rings. The monoisotopic (exact) mass is 240 g/mol. The van der Waals surface area contributed by atoms with Gasteiger partial charge in [0.05, 0.1) is 6.61 Å². The molecule has 4 heteroatoms. The molecule has 0 unspecified atom stereocenters. The lowest BCUT2D eigenvalue weighted by atomic mass is 10.1. The summed E-state index contributed by atoms with van der Waals surface area (Å²) in [5.41, 5.74) is 1.33. The summed E-state index contributed by atoms with van der Waals surface area (Å²) in [6, 6.07) is 0.524. The highest BCUT2D eigenvalue weighted by atomic mass is 16.6. The Morgan fingerprint density at radius 2 is 2.06 bits per heavy atom. The summed E-state index contributed by atoms with van der Waals surface area (Å²) in [7, 11) is 0. The molecule has 0 aliphatic carbocycles. The van der Waals surface area contributed by atoms with E-state index in [0.29, 0.717) is 12.6 Å². The SMILES string of the molecule is CCOC(=O)N1CCC(NCC=C(C)C)CC1. The van der Waals surface area contributed by atoms with E-state index in [9.17, 15) is 4.79 Å². The van der Waals surface area contributed by atoms with Gasteiger partial charge in [0, 0.05) is 25.7 Å². The Morgan fingerprint density at radius 1 is 1.41 bits per heavy atom. The summed E-state index contributed by atoms with van der Waals surface area (Å²) in [6.45, 7) is 9.02. The van der Waals surface area contributed by atoms with Gasteiger partial charge >= 0.3 is 6.09 Å². The lowest BCUT2D eigenvalue weighted by molar-refractivity contribution is 0.0954. The van der Waals surface area contributed by atoms with Crippen LogP contribution in [0.3, 0.4) is 0 Å². The van der Waals surface area contributed by atoms with E-state index < -0.39 is 0 Å². The van der Waals surface area contributed by atoms with Gasteiger partial charge in [-0.3, -0.25) is 0 Å². The Hall–Kier alpha value is -1.03. The average Bonchev–Trinajstić information content (AvgIpc) is 2.30. The van der Waals surface area contributed by atoms with Crippen LogP contribution in [0.5, 0.6) is 0 Å². The zero-order valence-corrected chi connectivity index (χ0v) is 11.2. The Kier molecular flexibility index (Phi) is 6.05. The highest BCUT2D eigenvalue weighted by molar-refractivity contribution is 5.67. The van der Waals surface area contributed by atoms with Gasteiger partial charge in [-0.2, -0.15) is 0 Å². The van der Waals surface area contributed by atoms with Gasteiger partial charge in [-0.15, -0.1) is 0 Å².